The molecule has 0 aliphatic rings. The molecule has 0 saturated heterocycles. The average Bonchev–Trinajstić information content (AvgIpc) is 1.69. The number of benzene rings is 10. The Balaban J connectivity index is 1.29. The summed E-state index contributed by atoms with van der Waals surface area (Å²) in [6.45, 7) is 39.9. The van der Waals surface area contributed by atoms with Crippen LogP contribution < -0.4 is 0 Å². The molecule has 10 aromatic carbocycles. The Bertz CT molecular complexity index is 4930. The molecule has 0 amide bonds. The molecule has 0 bridgehead atoms. The van der Waals surface area contributed by atoms with Gasteiger partial charge in [0, 0.05) is 21.5 Å². The molecule has 0 unspecified atom stereocenters. The molecule has 2 aromatic heterocycles. The summed E-state index contributed by atoms with van der Waals surface area (Å²) >= 11 is 0. The van der Waals surface area contributed by atoms with E-state index in [0.717, 1.165) is 12.1 Å². The van der Waals surface area contributed by atoms with Gasteiger partial charge in [-0.05, 0) is 116 Å². The summed E-state index contributed by atoms with van der Waals surface area (Å²) in [6, 6.07) is 57.6. The van der Waals surface area contributed by atoms with Gasteiger partial charge in [-0.2, -0.15) is 39.5 Å². The predicted octanol–water partition coefficient (Wildman–Crippen LogP) is 19.3. The van der Waals surface area contributed by atoms with Crippen LogP contribution in [0.1, 0.15) is 33.4 Å². The van der Waals surface area contributed by atoms with E-state index < -0.39 is 17.3 Å². The first-order valence-corrected chi connectivity index (χ1v) is 25.8. The Kier molecular flexibility index (Phi) is 12.9. The van der Waals surface area contributed by atoms with E-state index in [2.05, 4.69) is 54.6 Å². The lowest BCUT2D eigenvalue weighted by atomic mass is 9.94. The van der Waals surface area contributed by atoms with Crippen molar-refractivity contribution in [1.82, 2.24) is 9.13 Å². The van der Waals surface area contributed by atoms with Crippen molar-refractivity contribution in [2.75, 3.05) is 0 Å². The number of halogens is 3. The first-order chi connectivity index (χ1) is 41.8. The van der Waals surface area contributed by atoms with Crippen LogP contribution in [0.15, 0.2) is 176 Å². The maximum Gasteiger partial charge on any atom is 0.415 e. The van der Waals surface area contributed by atoms with Crippen molar-refractivity contribution in [2.45, 2.75) is 6.18 Å². The predicted molar refractivity (Wildman–Crippen MR) is 322 cm³/mol. The van der Waals surface area contributed by atoms with Gasteiger partial charge in [-0.15, -0.1) is 0 Å². The largest absolute Gasteiger partial charge is 0.415 e. The Hall–Kier alpha value is -13.5. The fourth-order valence-electron chi connectivity index (χ4n) is 11.4. The van der Waals surface area contributed by atoms with Gasteiger partial charge in [0.1, 0.15) is 11.6 Å². The molecule has 394 valence electrons. The summed E-state index contributed by atoms with van der Waals surface area (Å²) in [6.07, 6.45) is -5.01. The molecule has 12 rings (SSSR count). The second kappa shape index (κ2) is 20.9. The molecule has 0 spiro atoms. The Morgan fingerprint density at radius 1 is 0.360 bits per heavy atom. The molecular weight excluding hydrogens is 1080 g/mol. The summed E-state index contributed by atoms with van der Waals surface area (Å²) in [5.41, 5.74) is 5.11. The molecule has 15 heteroatoms. The number of rotatable bonds is 7. The minimum atomic E-state index is -5.01. The van der Waals surface area contributed by atoms with Gasteiger partial charge in [0.2, 0.25) is 0 Å². The van der Waals surface area contributed by atoms with Crippen LogP contribution in [-0.2, 0) is 6.18 Å². The lowest BCUT2D eigenvalue weighted by Gasteiger charge is -2.21. The lowest BCUT2D eigenvalue weighted by molar-refractivity contribution is -0.137. The Morgan fingerprint density at radius 2 is 0.756 bits per heavy atom. The highest BCUT2D eigenvalue weighted by atomic mass is 19.4. The molecule has 0 fully saturated rings. The Labute approximate surface area is 488 Å². The van der Waals surface area contributed by atoms with E-state index in [1.165, 1.54) is 42.5 Å². The Morgan fingerprint density at radius 3 is 1.10 bits per heavy atom. The molecular formula is C71H29F3N12. The fraction of sp³-hybridized carbons (Fsp3) is 0.0141. The lowest BCUT2D eigenvalue weighted by Crippen LogP contribution is -2.09. The molecule has 12 nitrogen and oxygen atoms in total. The van der Waals surface area contributed by atoms with E-state index in [4.69, 9.17) is 32.9 Å². The molecule has 0 N–H and O–H groups in total. The van der Waals surface area contributed by atoms with Crippen LogP contribution in [0.2, 0.25) is 0 Å². The van der Waals surface area contributed by atoms with Gasteiger partial charge in [-0.3, -0.25) is 0 Å². The fourth-order valence-corrected chi connectivity index (χ4v) is 11.4. The number of alkyl halides is 3. The maximum atomic E-state index is 15.7. The zero-order chi connectivity index (χ0) is 60.1. The van der Waals surface area contributed by atoms with Gasteiger partial charge in [-0.25, -0.2) is 24.2 Å². The quantitative estimate of drug-likeness (QED) is 0.146. The van der Waals surface area contributed by atoms with E-state index in [1.54, 1.807) is 106 Å². The van der Waals surface area contributed by atoms with Crippen LogP contribution in [0.3, 0.4) is 0 Å². The third kappa shape index (κ3) is 8.64. The monoisotopic (exact) mass is 1110 g/mol. The molecule has 0 radical (unpaired) electrons. The van der Waals surface area contributed by atoms with Crippen molar-refractivity contribution in [2.24, 2.45) is 0 Å². The number of hydrogen-bond donors (Lipinski definition) is 0. The molecule has 0 aliphatic heterocycles. The van der Waals surface area contributed by atoms with Crippen molar-refractivity contribution >= 4 is 72.0 Å². The SMILES string of the molecule is [C-]#[N+]c1ccc(-c2ccc3c4ccc(-c5ccc(C#N)cc5C#N)cc4n(-c4cc(-c5c([N+]#[C-])cccc5C(F)(F)F)cc(-n5c6cc(-c7ccc(C#N)cc7C#N)ccc6c6ccc(-c7ccc([N+]#[C-])cc7[N+]#[C-])cc65)c4C#N)c3c2)c([N+]#[C-])c1. The summed E-state index contributed by atoms with van der Waals surface area (Å²) < 4.78 is 50.6. The summed E-state index contributed by atoms with van der Waals surface area (Å²) in [5, 5.41) is 55.0. The molecule has 2 heterocycles. The van der Waals surface area contributed by atoms with Crippen molar-refractivity contribution in [3.63, 3.8) is 0 Å². The van der Waals surface area contributed by atoms with E-state index in [-0.39, 0.29) is 73.2 Å². The topological polar surface area (TPSA) is 151 Å². The van der Waals surface area contributed by atoms with Crippen LogP contribution in [-0.4, -0.2) is 9.13 Å². The standard InChI is InChI=1S/C71H29F3N12/c1-80-49-15-23-53(62(33-49)83-4)44-13-21-57-55-19-11-42(51-17-9-40(35-75)25-47(51)37-77)27-64(55)85(66(57)29-44)68-31-46(70-60(71(72,73)74)7-6-8-61(70)82-3)32-69(59(68)39-79)86-65-28-43(52-18-10-41(36-76)26-48(52)38-78)12-20-56(65)58-22-14-45(30-67(58)86)54-24-16-50(81-2)34-63(54)84-5/h6-34H. The normalized spacial score (nSPS) is 10.8. The summed E-state index contributed by atoms with van der Waals surface area (Å²) in [5.74, 6) is 0. The second-order valence-electron chi connectivity index (χ2n) is 19.7. The van der Waals surface area contributed by atoms with Crippen LogP contribution in [0.5, 0.6) is 0 Å². The van der Waals surface area contributed by atoms with Crippen LogP contribution in [0.4, 0.5) is 41.6 Å². The zero-order valence-electron chi connectivity index (χ0n) is 44.2. The van der Waals surface area contributed by atoms with Gasteiger partial charge in [0.05, 0.1) is 118 Å². The van der Waals surface area contributed by atoms with Gasteiger partial charge >= 0.3 is 6.18 Å². The first kappa shape index (κ1) is 53.1. The average molecular weight is 1110 g/mol. The zero-order valence-corrected chi connectivity index (χ0v) is 44.2. The molecule has 0 saturated carbocycles. The van der Waals surface area contributed by atoms with Crippen LogP contribution in [0, 0.1) is 89.5 Å². The maximum absolute atomic E-state index is 15.7. The van der Waals surface area contributed by atoms with Crippen molar-refractivity contribution in [3.05, 3.63) is 266 Å². The molecule has 0 aliphatic carbocycles. The number of fused-ring (bicyclic) bond motifs is 6. The highest BCUT2D eigenvalue weighted by molar-refractivity contribution is 6.14. The number of aromatic nitrogens is 2. The second-order valence-corrected chi connectivity index (χ2v) is 19.7. The van der Waals surface area contributed by atoms with Gasteiger partial charge in [0.25, 0.3) is 0 Å². The third-order valence-corrected chi connectivity index (χ3v) is 15.2. The van der Waals surface area contributed by atoms with Gasteiger partial charge in [0.15, 0.2) is 28.4 Å². The first-order valence-electron chi connectivity index (χ1n) is 25.8. The van der Waals surface area contributed by atoms with E-state index in [9.17, 15) is 26.3 Å². The minimum absolute atomic E-state index is 0.0440. The van der Waals surface area contributed by atoms with E-state index >= 15 is 13.2 Å². The number of nitrogens with zero attached hydrogens (tertiary/aromatic N) is 12. The summed E-state index contributed by atoms with van der Waals surface area (Å²) in [7, 11) is 0. The van der Waals surface area contributed by atoms with E-state index in [1.807, 2.05) is 24.3 Å². The summed E-state index contributed by atoms with van der Waals surface area (Å²) in [4.78, 5) is 18.2. The van der Waals surface area contributed by atoms with Crippen molar-refractivity contribution < 1.29 is 13.2 Å². The van der Waals surface area contributed by atoms with Gasteiger partial charge < -0.3 is 9.13 Å². The van der Waals surface area contributed by atoms with Crippen molar-refractivity contribution in [3.8, 4) is 97.4 Å². The van der Waals surface area contributed by atoms with Crippen LogP contribution in [0.25, 0.3) is 135 Å². The van der Waals surface area contributed by atoms with Crippen LogP contribution >= 0.6 is 0 Å². The molecule has 0 atom stereocenters. The highest BCUT2D eigenvalue weighted by Gasteiger charge is 2.36. The number of nitriles is 5. The third-order valence-electron chi connectivity index (χ3n) is 15.2. The smallest absolute Gasteiger partial charge is 0.308 e. The molecule has 12 aromatic rings. The number of hydrogen-bond acceptors (Lipinski definition) is 5. The molecule has 86 heavy (non-hydrogen) atoms. The van der Waals surface area contributed by atoms with E-state index in [0.29, 0.717) is 88.1 Å². The highest BCUT2D eigenvalue weighted by Crippen LogP contribution is 2.49. The van der Waals surface area contributed by atoms with Crippen molar-refractivity contribution in [1.29, 1.82) is 26.3 Å². The minimum Gasteiger partial charge on any atom is -0.308 e. The van der Waals surface area contributed by atoms with Gasteiger partial charge in [-0.1, -0.05) is 115 Å².